The Balaban J connectivity index is 1.56. The van der Waals surface area contributed by atoms with Gasteiger partial charge in [0.15, 0.2) is 9.84 Å². The molecule has 0 aromatic heterocycles. The van der Waals surface area contributed by atoms with Crippen molar-refractivity contribution in [1.29, 1.82) is 0 Å². The van der Waals surface area contributed by atoms with E-state index >= 15 is 0 Å². The fourth-order valence-electron chi connectivity index (χ4n) is 5.73. The van der Waals surface area contributed by atoms with Gasteiger partial charge in [0.25, 0.3) is 0 Å². The maximum atomic E-state index is 13.5. The number of halogens is 2. The summed E-state index contributed by atoms with van der Waals surface area (Å²) < 4.78 is 53.1. The largest absolute Gasteiger partial charge is 0.369 e. The summed E-state index contributed by atoms with van der Waals surface area (Å²) in [5.74, 6) is -2.54. The van der Waals surface area contributed by atoms with Gasteiger partial charge in [-0.3, -0.25) is 4.79 Å². The van der Waals surface area contributed by atoms with Crippen LogP contribution in [0, 0.1) is 17.6 Å². The summed E-state index contributed by atoms with van der Waals surface area (Å²) in [4.78, 5) is 12.9. The van der Waals surface area contributed by atoms with E-state index in [2.05, 4.69) is 7.05 Å². The zero-order chi connectivity index (χ0) is 26.0. The van der Waals surface area contributed by atoms with Gasteiger partial charge in [0.1, 0.15) is 17.0 Å². The lowest BCUT2D eigenvalue weighted by Crippen LogP contribution is -2.51. The molecule has 1 aliphatic rings. The lowest BCUT2D eigenvalue weighted by Gasteiger charge is -2.38. The second-order valence-electron chi connectivity index (χ2n) is 9.92. The average Bonchev–Trinajstić information content (AvgIpc) is 3.22. The number of hydrogen-bond donors (Lipinski definition) is 1. The van der Waals surface area contributed by atoms with Crippen LogP contribution < -0.4 is 5.73 Å². The fourth-order valence-corrected chi connectivity index (χ4v) is 7.06. The van der Waals surface area contributed by atoms with E-state index in [9.17, 15) is 22.0 Å². The van der Waals surface area contributed by atoms with E-state index in [4.69, 9.17) is 5.73 Å². The molecule has 1 unspecified atom stereocenters. The molecule has 1 aliphatic heterocycles. The SMILES string of the molecule is C[N@@+]1(CCCS(=O)(=O)c2cc(F)cc(F)c2)CCC(C(C(N)=O)(c2ccccc2)c2ccccc2)C1. The Bertz CT molecular complexity index is 1270. The van der Waals surface area contributed by atoms with Gasteiger partial charge < -0.3 is 10.2 Å². The molecule has 0 bridgehead atoms. The molecule has 8 heteroatoms. The standard InChI is InChI=1S/C28H30F2N2O3S/c1-32(14-8-16-36(34,35)26-18-24(29)17-25(30)19-26)15-13-23(20-32)28(27(31)33,21-9-4-2-5-10-21)22-11-6-3-7-12-22/h2-7,9-12,17-19,23H,8,13-16,20H2,1H3,(H-,31,33)/p+1/t23?,32-/m1/s1. The van der Waals surface area contributed by atoms with Crippen LogP contribution in [-0.4, -0.2) is 51.2 Å². The summed E-state index contributed by atoms with van der Waals surface area (Å²) in [6.45, 7) is 1.95. The Morgan fingerprint density at radius 3 is 2.00 bits per heavy atom. The molecule has 1 saturated heterocycles. The van der Waals surface area contributed by atoms with E-state index in [0.29, 0.717) is 30.1 Å². The predicted molar refractivity (Wildman–Crippen MR) is 135 cm³/mol. The van der Waals surface area contributed by atoms with Crippen molar-refractivity contribution in [2.24, 2.45) is 11.7 Å². The quantitative estimate of drug-likeness (QED) is 0.439. The monoisotopic (exact) mass is 513 g/mol. The molecule has 3 aromatic rings. The van der Waals surface area contributed by atoms with Gasteiger partial charge in [-0.05, 0) is 23.3 Å². The molecule has 1 fully saturated rings. The van der Waals surface area contributed by atoms with Gasteiger partial charge in [-0.1, -0.05) is 60.7 Å². The smallest absolute Gasteiger partial charge is 0.233 e. The number of carbonyl (C=O) groups is 1. The van der Waals surface area contributed by atoms with Crippen LogP contribution in [0.25, 0.3) is 0 Å². The Morgan fingerprint density at radius 1 is 0.972 bits per heavy atom. The van der Waals surface area contributed by atoms with E-state index in [-0.39, 0.29) is 16.6 Å². The van der Waals surface area contributed by atoms with Crippen molar-refractivity contribution in [2.75, 3.05) is 32.4 Å². The molecule has 4 rings (SSSR count). The minimum absolute atomic E-state index is 0.0845. The van der Waals surface area contributed by atoms with Crippen molar-refractivity contribution < 1.29 is 26.5 Å². The predicted octanol–water partition coefficient (Wildman–Crippen LogP) is 4.07. The maximum Gasteiger partial charge on any atom is 0.233 e. The van der Waals surface area contributed by atoms with E-state index in [1.165, 1.54) is 0 Å². The van der Waals surface area contributed by atoms with Crippen LogP contribution in [0.4, 0.5) is 8.78 Å². The first-order chi connectivity index (χ1) is 17.1. The molecule has 0 aliphatic carbocycles. The zero-order valence-electron chi connectivity index (χ0n) is 20.2. The molecule has 2 atom stereocenters. The number of rotatable bonds is 9. The van der Waals surface area contributed by atoms with Crippen LogP contribution in [0.3, 0.4) is 0 Å². The molecule has 3 aromatic carbocycles. The Morgan fingerprint density at radius 2 is 1.50 bits per heavy atom. The summed E-state index contributed by atoms with van der Waals surface area (Å²) >= 11 is 0. The first kappa shape index (κ1) is 26.0. The summed E-state index contributed by atoms with van der Waals surface area (Å²) in [5.41, 5.74) is 6.84. The Kier molecular flexibility index (Phi) is 7.29. The van der Waals surface area contributed by atoms with Crippen LogP contribution in [0.5, 0.6) is 0 Å². The lowest BCUT2D eigenvalue weighted by molar-refractivity contribution is -0.899. The van der Waals surface area contributed by atoms with Gasteiger partial charge in [-0.2, -0.15) is 0 Å². The number of likely N-dealkylation sites (tertiary alicyclic amines) is 1. The van der Waals surface area contributed by atoms with E-state index in [0.717, 1.165) is 36.2 Å². The molecule has 36 heavy (non-hydrogen) atoms. The van der Waals surface area contributed by atoms with Crippen LogP contribution in [0.1, 0.15) is 24.0 Å². The topological polar surface area (TPSA) is 77.2 Å². The number of quaternary nitrogens is 1. The molecule has 1 amide bonds. The van der Waals surface area contributed by atoms with Crippen LogP contribution in [0.2, 0.25) is 0 Å². The van der Waals surface area contributed by atoms with Gasteiger partial charge >= 0.3 is 0 Å². The average molecular weight is 514 g/mol. The van der Waals surface area contributed by atoms with E-state index in [1.54, 1.807) is 0 Å². The van der Waals surface area contributed by atoms with Crippen molar-refractivity contribution in [1.82, 2.24) is 0 Å². The normalized spacial score (nSPS) is 20.4. The first-order valence-electron chi connectivity index (χ1n) is 12.0. The second kappa shape index (κ2) is 10.1. The summed E-state index contributed by atoms with van der Waals surface area (Å²) in [6, 6.07) is 21.5. The minimum Gasteiger partial charge on any atom is -0.369 e. The number of sulfone groups is 1. The number of amides is 1. The Hall–Kier alpha value is -3.10. The molecular weight excluding hydrogens is 482 g/mol. The highest BCUT2D eigenvalue weighted by Gasteiger charge is 2.53. The van der Waals surface area contributed by atoms with Gasteiger partial charge in [0.05, 0.1) is 37.3 Å². The number of carbonyl (C=O) groups excluding carboxylic acids is 1. The first-order valence-corrected chi connectivity index (χ1v) is 13.7. The van der Waals surface area contributed by atoms with Gasteiger partial charge in [0, 0.05) is 24.8 Å². The van der Waals surface area contributed by atoms with Crippen molar-refractivity contribution in [3.8, 4) is 0 Å². The van der Waals surface area contributed by atoms with E-state index in [1.807, 2.05) is 60.7 Å². The second-order valence-corrected chi connectivity index (χ2v) is 12.0. The molecule has 2 N–H and O–H groups in total. The molecular formula is C28H31F2N2O3S+. The van der Waals surface area contributed by atoms with Gasteiger partial charge in [0.2, 0.25) is 5.91 Å². The highest BCUT2D eigenvalue weighted by atomic mass is 32.2. The Labute approximate surface area is 211 Å². The highest BCUT2D eigenvalue weighted by Crippen LogP contribution is 2.45. The summed E-state index contributed by atoms with van der Waals surface area (Å²) in [6.07, 6.45) is 1.06. The third kappa shape index (κ3) is 5.06. The third-order valence-corrected chi connectivity index (χ3v) is 9.22. The van der Waals surface area contributed by atoms with Crippen LogP contribution in [-0.2, 0) is 20.0 Å². The zero-order valence-corrected chi connectivity index (χ0v) is 21.1. The summed E-state index contributed by atoms with van der Waals surface area (Å²) in [5, 5.41) is 0. The lowest BCUT2D eigenvalue weighted by atomic mass is 9.64. The van der Waals surface area contributed by atoms with Gasteiger partial charge in [-0.25, -0.2) is 17.2 Å². The van der Waals surface area contributed by atoms with Gasteiger partial charge in [-0.15, -0.1) is 0 Å². The van der Waals surface area contributed by atoms with E-state index < -0.39 is 32.8 Å². The number of nitrogens with two attached hydrogens (primary N) is 1. The van der Waals surface area contributed by atoms with Crippen LogP contribution >= 0.6 is 0 Å². The minimum atomic E-state index is -3.83. The molecule has 0 radical (unpaired) electrons. The van der Waals surface area contributed by atoms with Crippen molar-refractivity contribution in [2.45, 2.75) is 23.2 Å². The molecule has 190 valence electrons. The molecule has 5 nitrogen and oxygen atoms in total. The maximum absolute atomic E-state index is 13.5. The van der Waals surface area contributed by atoms with Crippen molar-refractivity contribution in [3.05, 3.63) is 102 Å². The van der Waals surface area contributed by atoms with Crippen molar-refractivity contribution in [3.63, 3.8) is 0 Å². The molecule has 0 saturated carbocycles. The summed E-state index contributed by atoms with van der Waals surface area (Å²) in [7, 11) is -1.78. The molecule has 1 heterocycles. The number of benzene rings is 3. The van der Waals surface area contributed by atoms with Crippen molar-refractivity contribution >= 4 is 15.7 Å². The van der Waals surface area contributed by atoms with Crippen LogP contribution in [0.15, 0.2) is 83.8 Å². The number of nitrogens with zero attached hydrogens (tertiary/aromatic N) is 1. The fraction of sp³-hybridized carbons (Fsp3) is 0.321. The molecule has 0 spiro atoms. The number of primary amides is 1. The third-order valence-electron chi connectivity index (χ3n) is 7.44. The highest BCUT2D eigenvalue weighted by molar-refractivity contribution is 7.91. The number of hydrogen-bond acceptors (Lipinski definition) is 3.